The summed E-state index contributed by atoms with van der Waals surface area (Å²) >= 11 is 3.14. The Morgan fingerprint density at radius 1 is 1.33 bits per heavy atom. The van der Waals surface area contributed by atoms with Crippen LogP contribution in [0.5, 0.6) is 0 Å². The lowest BCUT2D eigenvalue weighted by atomic mass is 9.79. The van der Waals surface area contributed by atoms with E-state index in [-0.39, 0.29) is 5.46 Å². The first-order valence-electron chi connectivity index (χ1n) is 3.35. The summed E-state index contributed by atoms with van der Waals surface area (Å²) in [7, 11) is -1.61. The van der Waals surface area contributed by atoms with Crippen LogP contribution in [0.4, 0.5) is 4.39 Å². The lowest BCUT2D eigenvalue weighted by molar-refractivity contribution is 0.425. The minimum atomic E-state index is -1.61. The Labute approximate surface area is 78.3 Å². The van der Waals surface area contributed by atoms with Crippen LogP contribution in [0.15, 0.2) is 18.2 Å². The molecule has 64 valence electrons. The van der Waals surface area contributed by atoms with Gasteiger partial charge in [-0.15, -0.1) is 0 Å². The van der Waals surface area contributed by atoms with Gasteiger partial charge in [-0.3, -0.25) is 0 Å². The van der Waals surface area contributed by atoms with Crippen LogP contribution >= 0.6 is 15.9 Å². The van der Waals surface area contributed by atoms with Gasteiger partial charge in [-0.05, 0) is 23.2 Å². The predicted molar refractivity (Wildman–Crippen MR) is 48.9 cm³/mol. The molecule has 1 aromatic rings. The fourth-order valence-electron chi connectivity index (χ4n) is 0.902. The lowest BCUT2D eigenvalue weighted by Crippen LogP contribution is -2.30. The number of hydrogen-bond donors (Lipinski definition) is 2. The fourth-order valence-corrected chi connectivity index (χ4v) is 1.23. The van der Waals surface area contributed by atoms with E-state index in [1.165, 1.54) is 12.1 Å². The molecule has 0 aromatic heterocycles. The summed E-state index contributed by atoms with van der Waals surface area (Å²) in [6.07, 6.45) is 0. The molecule has 0 fully saturated rings. The smallest absolute Gasteiger partial charge is 0.423 e. The average molecular weight is 233 g/mol. The van der Waals surface area contributed by atoms with Crippen LogP contribution in [0.1, 0.15) is 5.56 Å². The molecule has 0 aliphatic carbocycles. The minimum Gasteiger partial charge on any atom is -0.423 e. The van der Waals surface area contributed by atoms with Crippen LogP contribution in [-0.2, 0) is 5.33 Å². The molecule has 0 unspecified atom stereocenters. The molecule has 5 heteroatoms. The molecule has 0 aliphatic heterocycles. The van der Waals surface area contributed by atoms with E-state index in [1.807, 2.05) is 0 Å². The average Bonchev–Trinajstić information content (AvgIpc) is 2.03. The highest BCUT2D eigenvalue weighted by atomic mass is 79.9. The van der Waals surface area contributed by atoms with Crippen molar-refractivity contribution in [2.75, 3.05) is 0 Å². The van der Waals surface area contributed by atoms with Crippen LogP contribution in [0.25, 0.3) is 0 Å². The second kappa shape index (κ2) is 4.02. The van der Waals surface area contributed by atoms with Crippen LogP contribution < -0.4 is 5.46 Å². The molecule has 1 rings (SSSR count). The summed E-state index contributed by atoms with van der Waals surface area (Å²) in [6, 6.07) is 3.96. The Kier molecular flexibility index (Phi) is 3.25. The molecule has 2 N–H and O–H groups in total. The van der Waals surface area contributed by atoms with E-state index < -0.39 is 12.9 Å². The van der Waals surface area contributed by atoms with Crippen molar-refractivity contribution >= 4 is 28.5 Å². The van der Waals surface area contributed by atoms with Gasteiger partial charge in [0.2, 0.25) is 0 Å². The number of hydrogen-bond acceptors (Lipinski definition) is 2. The standard InChI is InChI=1S/C7H7BBrFO2/c9-4-5-1-6(8(11)12)3-7(10)2-5/h1-3,11-12H,4H2. The van der Waals surface area contributed by atoms with Crippen molar-refractivity contribution in [3.63, 3.8) is 0 Å². The molecule has 0 amide bonds. The van der Waals surface area contributed by atoms with Gasteiger partial charge in [0, 0.05) is 5.33 Å². The van der Waals surface area contributed by atoms with Gasteiger partial charge in [-0.2, -0.15) is 0 Å². The minimum absolute atomic E-state index is 0.171. The molecule has 0 heterocycles. The molecular weight excluding hydrogens is 226 g/mol. The zero-order valence-corrected chi connectivity index (χ0v) is 7.75. The van der Waals surface area contributed by atoms with Crippen molar-refractivity contribution in [3.05, 3.63) is 29.6 Å². The second-order valence-electron chi connectivity index (χ2n) is 2.40. The summed E-state index contributed by atoms with van der Waals surface area (Å²) in [4.78, 5) is 0. The Morgan fingerprint density at radius 2 is 2.00 bits per heavy atom. The molecule has 2 nitrogen and oxygen atoms in total. The highest BCUT2D eigenvalue weighted by Gasteiger charge is 2.12. The third-order valence-corrected chi connectivity index (χ3v) is 2.08. The van der Waals surface area contributed by atoms with Gasteiger partial charge in [0.15, 0.2) is 0 Å². The molecule has 0 saturated heterocycles. The van der Waals surface area contributed by atoms with E-state index in [0.717, 1.165) is 6.07 Å². The van der Waals surface area contributed by atoms with Crippen LogP contribution in [-0.4, -0.2) is 17.2 Å². The zero-order chi connectivity index (χ0) is 9.14. The number of benzene rings is 1. The SMILES string of the molecule is OB(O)c1cc(F)cc(CBr)c1. The van der Waals surface area contributed by atoms with Crippen molar-refractivity contribution in [2.24, 2.45) is 0 Å². The molecule has 0 radical (unpaired) electrons. The Hall–Kier alpha value is -0.385. The molecule has 1 aromatic carbocycles. The van der Waals surface area contributed by atoms with E-state index in [2.05, 4.69) is 15.9 Å². The Morgan fingerprint density at radius 3 is 2.50 bits per heavy atom. The highest BCUT2D eigenvalue weighted by molar-refractivity contribution is 9.08. The van der Waals surface area contributed by atoms with Crippen LogP contribution in [0.2, 0.25) is 0 Å². The molecule has 0 bridgehead atoms. The van der Waals surface area contributed by atoms with E-state index in [1.54, 1.807) is 0 Å². The quantitative estimate of drug-likeness (QED) is 0.573. The summed E-state index contributed by atoms with van der Waals surface area (Å²) in [5, 5.41) is 18.0. The molecule has 0 aliphatic rings. The van der Waals surface area contributed by atoms with Crippen LogP contribution in [0, 0.1) is 5.82 Å². The molecule has 12 heavy (non-hydrogen) atoms. The van der Waals surface area contributed by atoms with E-state index >= 15 is 0 Å². The third kappa shape index (κ3) is 2.30. The van der Waals surface area contributed by atoms with Crippen molar-refractivity contribution < 1.29 is 14.4 Å². The van der Waals surface area contributed by atoms with Gasteiger partial charge in [-0.1, -0.05) is 22.0 Å². The number of alkyl halides is 1. The predicted octanol–water partition coefficient (Wildman–Crippen LogP) is 0.400. The van der Waals surface area contributed by atoms with E-state index in [0.29, 0.717) is 10.9 Å². The van der Waals surface area contributed by atoms with E-state index in [9.17, 15) is 4.39 Å². The monoisotopic (exact) mass is 232 g/mol. The van der Waals surface area contributed by atoms with Gasteiger partial charge in [0.05, 0.1) is 0 Å². The van der Waals surface area contributed by atoms with Gasteiger partial charge in [0.1, 0.15) is 5.82 Å². The maximum Gasteiger partial charge on any atom is 0.488 e. The summed E-state index contributed by atoms with van der Waals surface area (Å²) in [5.41, 5.74) is 0.850. The molecule has 0 spiro atoms. The normalized spacial score (nSPS) is 10.0. The first kappa shape index (κ1) is 9.70. The highest BCUT2D eigenvalue weighted by Crippen LogP contribution is 2.06. The second-order valence-corrected chi connectivity index (χ2v) is 2.96. The van der Waals surface area contributed by atoms with Crippen molar-refractivity contribution in [1.82, 2.24) is 0 Å². The fraction of sp³-hybridized carbons (Fsp3) is 0.143. The molecular formula is C7H7BBrFO2. The number of rotatable bonds is 2. The maximum absolute atomic E-state index is 12.7. The summed E-state index contributed by atoms with van der Waals surface area (Å²) < 4.78 is 12.7. The summed E-state index contributed by atoms with van der Waals surface area (Å²) in [6.45, 7) is 0. The lowest BCUT2D eigenvalue weighted by Gasteiger charge is -2.02. The van der Waals surface area contributed by atoms with Crippen LogP contribution in [0.3, 0.4) is 0 Å². The first-order valence-corrected chi connectivity index (χ1v) is 4.47. The third-order valence-electron chi connectivity index (χ3n) is 1.43. The van der Waals surface area contributed by atoms with E-state index in [4.69, 9.17) is 10.0 Å². The zero-order valence-electron chi connectivity index (χ0n) is 6.17. The van der Waals surface area contributed by atoms with Gasteiger partial charge >= 0.3 is 7.12 Å². The molecule has 0 saturated carbocycles. The Bertz CT molecular complexity index is 280. The first-order chi connectivity index (χ1) is 5.63. The molecule has 0 atom stereocenters. The van der Waals surface area contributed by atoms with Gasteiger partial charge < -0.3 is 10.0 Å². The van der Waals surface area contributed by atoms with Crippen molar-refractivity contribution in [3.8, 4) is 0 Å². The Balaban J connectivity index is 3.06. The van der Waals surface area contributed by atoms with Crippen molar-refractivity contribution in [2.45, 2.75) is 5.33 Å². The maximum atomic E-state index is 12.7. The number of halogens is 2. The van der Waals surface area contributed by atoms with Gasteiger partial charge in [-0.25, -0.2) is 4.39 Å². The topological polar surface area (TPSA) is 40.5 Å². The van der Waals surface area contributed by atoms with Gasteiger partial charge in [0.25, 0.3) is 0 Å². The van der Waals surface area contributed by atoms with Crippen molar-refractivity contribution in [1.29, 1.82) is 0 Å². The largest absolute Gasteiger partial charge is 0.488 e. The summed E-state index contributed by atoms with van der Waals surface area (Å²) in [5.74, 6) is -0.463.